The summed E-state index contributed by atoms with van der Waals surface area (Å²) in [7, 11) is 1.95. The van der Waals surface area contributed by atoms with Crippen LogP contribution < -0.4 is 15.1 Å². The van der Waals surface area contributed by atoms with Gasteiger partial charge >= 0.3 is 0 Å². The van der Waals surface area contributed by atoms with E-state index < -0.39 is 0 Å². The van der Waals surface area contributed by atoms with Gasteiger partial charge in [0, 0.05) is 25.8 Å². The largest absolute Gasteiger partial charge is 0.467 e. The first kappa shape index (κ1) is 17.3. The van der Waals surface area contributed by atoms with Gasteiger partial charge in [-0.05, 0) is 24.3 Å². The molecule has 27 heavy (non-hydrogen) atoms. The molecule has 8 nitrogen and oxygen atoms in total. The van der Waals surface area contributed by atoms with Crippen LogP contribution in [0.15, 0.2) is 53.1 Å². The molecular formula is C19H22N6O2. The van der Waals surface area contributed by atoms with Crippen molar-refractivity contribution in [1.82, 2.24) is 15.0 Å². The number of aromatic nitrogens is 3. The van der Waals surface area contributed by atoms with Crippen molar-refractivity contribution in [3.8, 4) is 0 Å². The number of para-hydroxylation sites is 1. The minimum atomic E-state index is 0.508. The fourth-order valence-electron chi connectivity index (χ4n) is 2.83. The van der Waals surface area contributed by atoms with Gasteiger partial charge in [0.1, 0.15) is 5.76 Å². The molecule has 140 valence electrons. The smallest absolute Gasteiger partial charge is 0.236 e. The van der Waals surface area contributed by atoms with Crippen LogP contribution in [0.5, 0.6) is 0 Å². The topological polar surface area (TPSA) is 79.6 Å². The molecule has 0 atom stereocenters. The lowest BCUT2D eigenvalue weighted by Crippen LogP contribution is -2.37. The summed E-state index contributed by atoms with van der Waals surface area (Å²) in [4.78, 5) is 18.0. The summed E-state index contributed by atoms with van der Waals surface area (Å²) in [5.41, 5.74) is 1.01. The SMILES string of the molecule is CN(c1ccccc1)c1nc(NCc2ccco2)nc(N2CCOCC2)n1. The minimum Gasteiger partial charge on any atom is -0.467 e. The Labute approximate surface area is 157 Å². The van der Waals surface area contributed by atoms with Crippen LogP contribution in [-0.2, 0) is 11.3 Å². The molecule has 8 heteroatoms. The van der Waals surface area contributed by atoms with Gasteiger partial charge in [-0.25, -0.2) is 0 Å². The number of rotatable bonds is 6. The van der Waals surface area contributed by atoms with E-state index in [2.05, 4.69) is 25.2 Å². The van der Waals surface area contributed by atoms with Gasteiger partial charge in [-0.3, -0.25) is 0 Å². The first-order chi connectivity index (χ1) is 13.3. The maximum absolute atomic E-state index is 5.44. The zero-order chi connectivity index (χ0) is 18.5. The standard InChI is InChI=1S/C19H22N6O2/c1-24(15-6-3-2-4-7-15)18-21-17(20-14-16-8-5-11-27-16)22-19(23-18)25-9-12-26-13-10-25/h2-8,11H,9-10,12-14H2,1H3,(H,20,21,22,23). The van der Waals surface area contributed by atoms with E-state index >= 15 is 0 Å². The number of ether oxygens (including phenoxy) is 1. The number of morpholine rings is 1. The second-order valence-electron chi connectivity index (χ2n) is 6.19. The van der Waals surface area contributed by atoms with E-state index in [4.69, 9.17) is 9.15 Å². The van der Waals surface area contributed by atoms with Gasteiger partial charge < -0.3 is 24.3 Å². The van der Waals surface area contributed by atoms with Crippen LogP contribution in [0, 0.1) is 0 Å². The molecule has 0 amide bonds. The molecule has 1 N–H and O–H groups in total. The van der Waals surface area contributed by atoms with Crippen LogP contribution in [0.2, 0.25) is 0 Å². The summed E-state index contributed by atoms with van der Waals surface area (Å²) in [5, 5.41) is 3.23. The minimum absolute atomic E-state index is 0.508. The number of benzene rings is 1. The number of hydrogen-bond acceptors (Lipinski definition) is 8. The molecule has 3 heterocycles. The Morgan fingerprint density at radius 2 is 1.85 bits per heavy atom. The van der Waals surface area contributed by atoms with Gasteiger partial charge in [-0.15, -0.1) is 0 Å². The lowest BCUT2D eigenvalue weighted by Gasteiger charge is -2.28. The molecule has 3 aromatic rings. The van der Waals surface area contributed by atoms with Crippen LogP contribution in [0.4, 0.5) is 23.5 Å². The van der Waals surface area contributed by atoms with Crippen LogP contribution in [-0.4, -0.2) is 48.3 Å². The zero-order valence-electron chi connectivity index (χ0n) is 15.2. The molecule has 4 rings (SSSR count). The number of hydrogen-bond donors (Lipinski definition) is 1. The molecular weight excluding hydrogens is 344 g/mol. The van der Waals surface area contributed by atoms with Crippen molar-refractivity contribution < 1.29 is 9.15 Å². The second kappa shape index (κ2) is 8.05. The van der Waals surface area contributed by atoms with Gasteiger partial charge in [-0.2, -0.15) is 15.0 Å². The van der Waals surface area contributed by atoms with Gasteiger partial charge in [0.25, 0.3) is 0 Å². The molecule has 1 saturated heterocycles. The lowest BCUT2D eigenvalue weighted by atomic mass is 10.3. The Balaban J connectivity index is 1.63. The van der Waals surface area contributed by atoms with Gasteiger partial charge in [-0.1, -0.05) is 18.2 Å². The molecule has 0 bridgehead atoms. The van der Waals surface area contributed by atoms with E-state index in [1.807, 2.05) is 54.4 Å². The Kier molecular flexibility index (Phi) is 5.15. The highest BCUT2D eigenvalue weighted by Gasteiger charge is 2.18. The molecule has 0 saturated carbocycles. The molecule has 1 aliphatic heterocycles. The summed E-state index contributed by atoms with van der Waals surface area (Å²) in [5.74, 6) is 2.56. The van der Waals surface area contributed by atoms with E-state index in [0.717, 1.165) is 24.5 Å². The molecule has 1 aliphatic rings. The molecule has 1 fully saturated rings. The Hall–Kier alpha value is -3.13. The fourth-order valence-corrected chi connectivity index (χ4v) is 2.83. The molecule has 0 spiro atoms. The van der Waals surface area contributed by atoms with Crippen molar-refractivity contribution in [2.75, 3.05) is 48.5 Å². The van der Waals surface area contributed by atoms with Crippen molar-refractivity contribution in [3.63, 3.8) is 0 Å². The summed E-state index contributed by atoms with van der Waals surface area (Å²) < 4.78 is 10.8. The quantitative estimate of drug-likeness (QED) is 0.713. The maximum atomic E-state index is 5.44. The molecule has 0 unspecified atom stereocenters. The summed E-state index contributed by atoms with van der Waals surface area (Å²) in [6.07, 6.45) is 1.65. The number of nitrogens with one attached hydrogen (secondary N) is 1. The summed E-state index contributed by atoms with van der Waals surface area (Å²) >= 11 is 0. The van der Waals surface area contributed by atoms with E-state index in [1.54, 1.807) is 6.26 Å². The van der Waals surface area contributed by atoms with Crippen LogP contribution in [0.25, 0.3) is 0 Å². The van der Waals surface area contributed by atoms with Crippen LogP contribution >= 0.6 is 0 Å². The van der Waals surface area contributed by atoms with E-state index in [-0.39, 0.29) is 0 Å². The monoisotopic (exact) mass is 366 g/mol. The van der Waals surface area contributed by atoms with E-state index in [1.165, 1.54) is 0 Å². The molecule has 0 radical (unpaired) electrons. The molecule has 2 aromatic heterocycles. The first-order valence-electron chi connectivity index (χ1n) is 8.93. The second-order valence-corrected chi connectivity index (χ2v) is 6.19. The normalized spacial score (nSPS) is 14.2. The first-order valence-corrected chi connectivity index (χ1v) is 8.93. The van der Waals surface area contributed by atoms with Crippen LogP contribution in [0.1, 0.15) is 5.76 Å². The third-order valence-electron chi connectivity index (χ3n) is 4.35. The third kappa shape index (κ3) is 4.17. The predicted molar refractivity (Wildman–Crippen MR) is 103 cm³/mol. The highest BCUT2D eigenvalue weighted by molar-refractivity contribution is 5.58. The molecule has 1 aromatic carbocycles. The Bertz CT molecular complexity index is 850. The lowest BCUT2D eigenvalue weighted by molar-refractivity contribution is 0.122. The highest BCUT2D eigenvalue weighted by Crippen LogP contribution is 2.23. The molecule has 0 aliphatic carbocycles. The van der Waals surface area contributed by atoms with Gasteiger partial charge in [0.15, 0.2) is 0 Å². The van der Waals surface area contributed by atoms with Crippen molar-refractivity contribution in [1.29, 1.82) is 0 Å². The number of nitrogens with zero attached hydrogens (tertiary/aromatic N) is 5. The fraction of sp³-hybridized carbons (Fsp3) is 0.316. The Morgan fingerprint density at radius 1 is 1.04 bits per heavy atom. The van der Waals surface area contributed by atoms with Crippen molar-refractivity contribution in [3.05, 3.63) is 54.5 Å². The van der Waals surface area contributed by atoms with Crippen molar-refractivity contribution in [2.45, 2.75) is 6.54 Å². The van der Waals surface area contributed by atoms with Gasteiger partial charge in [0.05, 0.1) is 26.0 Å². The zero-order valence-corrected chi connectivity index (χ0v) is 15.2. The predicted octanol–water partition coefficient (Wildman–Crippen LogP) is 2.68. The highest BCUT2D eigenvalue weighted by atomic mass is 16.5. The maximum Gasteiger partial charge on any atom is 0.236 e. The number of furan rings is 1. The van der Waals surface area contributed by atoms with Crippen molar-refractivity contribution in [2.24, 2.45) is 0 Å². The van der Waals surface area contributed by atoms with Gasteiger partial charge in [0.2, 0.25) is 17.8 Å². The van der Waals surface area contributed by atoms with Crippen LogP contribution in [0.3, 0.4) is 0 Å². The summed E-state index contributed by atoms with van der Waals surface area (Å²) in [6, 6.07) is 13.8. The number of anilines is 4. The average molecular weight is 366 g/mol. The Morgan fingerprint density at radius 3 is 2.59 bits per heavy atom. The van der Waals surface area contributed by atoms with Crippen molar-refractivity contribution >= 4 is 23.5 Å². The van der Waals surface area contributed by atoms with E-state index in [0.29, 0.717) is 37.6 Å². The average Bonchev–Trinajstić information content (AvgIpc) is 3.26. The third-order valence-corrected chi connectivity index (χ3v) is 4.35. The summed E-state index contributed by atoms with van der Waals surface area (Å²) in [6.45, 7) is 3.37. The van der Waals surface area contributed by atoms with E-state index in [9.17, 15) is 0 Å².